The molecule has 1 N–H and O–H groups in total. The first kappa shape index (κ1) is 4.73. The van der Waals surface area contributed by atoms with Gasteiger partial charge in [0, 0.05) is 0 Å². The Morgan fingerprint density at radius 1 is 1.22 bits per heavy atom. The van der Waals surface area contributed by atoms with Gasteiger partial charge in [-0.25, -0.2) is 0 Å². The van der Waals surface area contributed by atoms with E-state index in [1.165, 1.54) is 6.42 Å². The normalized spacial score (nSPS) is 75.3. The van der Waals surface area contributed by atoms with Crippen LogP contribution in [-0.2, 0) is 0 Å². The Balaban J connectivity index is 2.07. The van der Waals surface area contributed by atoms with Crippen LogP contribution >= 0.6 is 0 Å². The Kier molecular flexibility index (Phi) is 0.563. The fraction of sp³-hybridized carbons (Fsp3) is 1.00. The molecule has 50 valence electrons. The van der Waals surface area contributed by atoms with Crippen molar-refractivity contribution in [3.63, 3.8) is 0 Å². The van der Waals surface area contributed by atoms with Gasteiger partial charge in [0.1, 0.15) is 0 Å². The van der Waals surface area contributed by atoms with Gasteiger partial charge in [0.05, 0.1) is 6.10 Å². The molecule has 4 rings (SSSR count). The van der Waals surface area contributed by atoms with Gasteiger partial charge in [-0.2, -0.15) is 0 Å². The van der Waals surface area contributed by atoms with Crippen molar-refractivity contribution >= 4 is 0 Å². The minimum absolute atomic E-state index is 0.106. The third-order valence-electron chi connectivity index (χ3n) is 3.95. The van der Waals surface area contributed by atoms with Crippen LogP contribution < -0.4 is 0 Å². The van der Waals surface area contributed by atoms with Gasteiger partial charge in [-0.05, 0) is 36.0 Å². The molecule has 0 amide bonds. The summed E-state index contributed by atoms with van der Waals surface area (Å²) >= 11 is 0. The van der Waals surface area contributed by atoms with Gasteiger partial charge < -0.3 is 5.11 Å². The molecule has 0 aromatic carbocycles. The van der Waals surface area contributed by atoms with Crippen LogP contribution in [0.15, 0.2) is 0 Å². The first-order valence-electron chi connectivity index (χ1n) is 3.99. The van der Waals surface area contributed by atoms with Gasteiger partial charge in [0.25, 0.3) is 0 Å². The molecule has 0 aromatic heterocycles. The predicted octanol–water partition coefficient (Wildman–Crippen LogP) is 0.879. The van der Waals surface area contributed by atoms with E-state index in [0.717, 1.165) is 23.7 Å². The highest BCUT2D eigenvalue weighted by Gasteiger charge is 2.71. The van der Waals surface area contributed by atoms with E-state index in [2.05, 4.69) is 6.92 Å². The highest BCUT2D eigenvalue weighted by atomic mass is 16.3. The van der Waals surface area contributed by atoms with Crippen molar-refractivity contribution in [1.82, 2.24) is 0 Å². The molecule has 0 heterocycles. The highest BCUT2D eigenvalue weighted by molar-refractivity contribution is 5.19. The zero-order chi connectivity index (χ0) is 6.17. The summed E-state index contributed by atoms with van der Waals surface area (Å²) in [5.41, 5.74) is 0. The van der Waals surface area contributed by atoms with Gasteiger partial charge in [-0.3, -0.25) is 0 Å². The molecule has 1 nitrogen and oxygen atoms in total. The summed E-state index contributed by atoms with van der Waals surface area (Å²) in [7, 11) is 0. The van der Waals surface area contributed by atoms with E-state index >= 15 is 0 Å². The Morgan fingerprint density at radius 2 is 2.00 bits per heavy atom. The fourth-order valence-electron chi connectivity index (χ4n) is 3.51. The monoisotopic (exact) mass is 124 g/mol. The highest BCUT2D eigenvalue weighted by Crippen LogP contribution is 2.72. The summed E-state index contributed by atoms with van der Waals surface area (Å²) < 4.78 is 0. The second-order valence-electron chi connectivity index (χ2n) is 4.07. The van der Waals surface area contributed by atoms with Crippen LogP contribution in [0.5, 0.6) is 0 Å². The number of hydrogen-bond donors (Lipinski definition) is 1. The van der Waals surface area contributed by atoms with Crippen LogP contribution in [0, 0.1) is 29.6 Å². The quantitative estimate of drug-likeness (QED) is 0.508. The molecule has 4 bridgehead atoms. The summed E-state index contributed by atoms with van der Waals surface area (Å²) in [5.74, 6) is 4.22. The first-order chi connectivity index (χ1) is 4.30. The Bertz CT molecular complexity index is 146. The second kappa shape index (κ2) is 1.07. The molecule has 4 fully saturated rings. The van der Waals surface area contributed by atoms with E-state index < -0.39 is 0 Å². The topological polar surface area (TPSA) is 20.2 Å². The van der Waals surface area contributed by atoms with E-state index in [0.29, 0.717) is 5.92 Å². The van der Waals surface area contributed by atoms with Crippen molar-refractivity contribution in [1.29, 1.82) is 0 Å². The van der Waals surface area contributed by atoms with Gasteiger partial charge in [-0.15, -0.1) is 0 Å². The molecule has 4 aliphatic carbocycles. The van der Waals surface area contributed by atoms with Crippen molar-refractivity contribution in [2.45, 2.75) is 19.4 Å². The smallest absolute Gasteiger partial charge is 0.0604 e. The van der Waals surface area contributed by atoms with Crippen LogP contribution in [0.2, 0.25) is 0 Å². The number of rotatable bonds is 0. The van der Waals surface area contributed by atoms with Crippen molar-refractivity contribution in [3.8, 4) is 0 Å². The van der Waals surface area contributed by atoms with E-state index in [-0.39, 0.29) is 6.10 Å². The van der Waals surface area contributed by atoms with E-state index in [9.17, 15) is 5.11 Å². The molecule has 0 saturated heterocycles. The summed E-state index contributed by atoms with van der Waals surface area (Å²) in [4.78, 5) is 0. The van der Waals surface area contributed by atoms with Crippen LogP contribution in [0.3, 0.4) is 0 Å². The lowest BCUT2D eigenvalue weighted by Crippen LogP contribution is -2.13. The zero-order valence-electron chi connectivity index (χ0n) is 5.62. The molecular weight excluding hydrogens is 112 g/mol. The lowest BCUT2D eigenvalue weighted by atomic mass is 10.00. The summed E-state index contributed by atoms with van der Waals surface area (Å²) in [6, 6.07) is 0. The molecule has 0 spiro atoms. The predicted molar refractivity (Wildman–Crippen MR) is 33.7 cm³/mol. The van der Waals surface area contributed by atoms with E-state index in [1.807, 2.05) is 0 Å². The SMILES string of the molecule is C[C@@H]1C2C3[C@@H]2C[C@@H]1[C@@H]3O. The average Bonchev–Trinajstić information content (AvgIpc) is 2.18. The van der Waals surface area contributed by atoms with Crippen LogP contribution in [0.25, 0.3) is 0 Å². The number of hydrogen-bond acceptors (Lipinski definition) is 1. The molecule has 0 radical (unpaired) electrons. The molecule has 6 atom stereocenters. The second-order valence-corrected chi connectivity index (χ2v) is 4.07. The van der Waals surface area contributed by atoms with E-state index in [1.54, 1.807) is 0 Å². The molecule has 9 heavy (non-hydrogen) atoms. The average molecular weight is 124 g/mol. The molecule has 4 aliphatic rings. The van der Waals surface area contributed by atoms with Crippen LogP contribution in [0.4, 0.5) is 0 Å². The lowest BCUT2D eigenvalue weighted by Gasteiger charge is -2.10. The Morgan fingerprint density at radius 3 is 2.11 bits per heavy atom. The van der Waals surface area contributed by atoms with Crippen LogP contribution in [0.1, 0.15) is 13.3 Å². The Labute approximate surface area is 55.1 Å². The van der Waals surface area contributed by atoms with Gasteiger partial charge in [0.15, 0.2) is 0 Å². The third kappa shape index (κ3) is 0.315. The largest absolute Gasteiger partial charge is 0.393 e. The molecule has 0 aliphatic heterocycles. The van der Waals surface area contributed by atoms with Crippen molar-refractivity contribution < 1.29 is 5.11 Å². The van der Waals surface area contributed by atoms with E-state index in [4.69, 9.17) is 0 Å². The molecule has 2 unspecified atom stereocenters. The molecular formula is C8H12O. The number of aliphatic hydroxyl groups is 1. The van der Waals surface area contributed by atoms with Crippen molar-refractivity contribution in [2.75, 3.05) is 0 Å². The fourth-order valence-corrected chi connectivity index (χ4v) is 3.51. The van der Waals surface area contributed by atoms with Crippen molar-refractivity contribution in [3.05, 3.63) is 0 Å². The number of aliphatic hydroxyl groups excluding tert-OH is 1. The third-order valence-corrected chi connectivity index (χ3v) is 3.95. The lowest BCUT2D eigenvalue weighted by molar-refractivity contribution is 0.124. The maximum atomic E-state index is 9.52. The van der Waals surface area contributed by atoms with Crippen LogP contribution in [-0.4, -0.2) is 11.2 Å². The molecule has 1 heteroatoms. The maximum absolute atomic E-state index is 9.52. The standard InChI is InChI=1S/C8H12O/c1-3-4-2-5-6(3)7(5)8(4)9/h3-9H,2H2,1H3/t3-,4-,5+,6?,7?,8-/m0/s1. The Hall–Kier alpha value is -0.0400. The maximum Gasteiger partial charge on any atom is 0.0604 e. The zero-order valence-corrected chi connectivity index (χ0v) is 5.62. The molecule has 0 aromatic rings. The summed E-state index contributed by atoms with van der Waals surface area (Å²) in [6.45, 7) is 2.31. The summed E-state index contributed by atoms with van der Waals surface area (Å²) in [5, 5.41) is 9.52. The van der Waals surface area contributed by atoms with Gasteiger partial charge in [-0.1, -0.05) is 6.92 Å². The minimum atomic E-state index is 0.106. The van der Waals surface area contributed by atoms with Gasteiger partial charge >= 0.3 is 0 Å². The summed E-state index contributed by atoms with van der Waals surface area (Å²) in [6.07, 6.45) is 1.45. The van der Waals surface area contributed by atoms with Gasteiger partial charge in [0.2, 0.25) is 0 Å². The first-order valence-corrected chi connectivity index (χ1v) is 3.99. The minimum Gasteiger partial charge on any atom is -0.393 e. The molecule has 4 saturated carbocycles. The van der Waals surface area contributed by atoms with Crippen molar-refractivity contribution in [2.24, 2.45) is 29.6 Å².